The molecule has 7 N–H and O–H groups in total. The van der Waals surface area contributed by atoms with Crippen LogP contribution in [0.5, 0.6) is 0 Å². The van der Waals surface area contributed by atoms with Crippen molar-refractivity contribution in [1.29, 1.82) is 0 Å². The van der Waals surface area contributed by atoms with Gasteiger partial charge in [-0.2, -0.15) is 0 Å². The summed E-state index contributed by atoms with van der Waals surface area (Å²) in [5, 5.41) is 65.3. The summed E-state index contributed by atoms with van der Waals surface area (Å²) in [4.78, 5) is 18.2. The van der Waals surface area contributed by atoms with Gasteiger partial charge in [0, 0.05) is 12.6 Å². The first-order chi connectivity index (χ1) is 11.8. The molecule has 0 spiro atoms. The molecular weight excluding hydrogens is 340 g/mol. The molecule has 0 aliphatic rings. The lowest BCUT2D eigenvalue weighted by Crippen LogP contribution is -2.38. The Balaban J connectivity index is 2.71. The van der Waals surface area contributed by atoms with Gasteiger partial charge in [0.15, 0.2) is 0 Å². The van der Waals surface area contributed by atoms with Crippen LogP contribution in [0.2, 0.25) is 0 Å². The highest BCUT2D eigenvalue weighted by Gasteiger charge is 2.29. The van der Waals surface area contributed by atoms with Crippen LogP contribution < -0.4 is 0 Å². The van der Waals surface area contributed by atoms with Crippen LogP contribution in [0.4, 0.5) is 0 Å². The predicted octanol–water partition coefficient (Wildman–Crippen LogP) is -3.41. The van der Waals surface area contributed by atoms with Gasteiger partial charge in [-0.05, 0) is 0 Å². The predicted molar refractivity (Wildman–Crippen MR) is 80.3 cm³/mol. The second-order valence-corrected chi connectivity index (χ2v) is 5.32. The van der Waals surface area contributed by atoms with E-state index in [1.165, 1.54) is 6.20 Å². The van der Waals surface area contributed by atoms with E-state index in [1.54, 1.807) is 0 Å². The summed E-state index contributed by atoms with van der Waals surface area (Å²) in [5.74, 6) is -1.30. The Bertz CT molecular complexity index is 528. The molecule has 0 unspecified atom stereocenters. The summed E-state index contributed by atoms with van der Waals surface area (Å²) in [6.07, 6.45) is -4.93. The van der Waals surface area contributed by atoms with Crippen molar-refractivity contribution >= 4 is 5.97 Å². The Morgan fingerprint density at radius 2 is 1.72 bits per heavy atom. The van der Waals surface area contributed by atoms with Gasteiger partial charge in [-0.25, -0.2) is 4.79 Å². The maximum absolute atomic E-state index is 10.5. The lowest BCUT2D eigenvalue weighted by atomic mass is 10.1. The van der Waals surface area contributed by atoms with Gasteiger partial charge in [0.1, 0.15) is 31.0 Å². The Hall–Kier alpha value is -1.73. The molecular formula is C14H22N2O9. The third kappa shape index (κ3) is 6.59. The van der Waals surface area contributed by atoms with Crippen LogP contribution in [0.3, 0.4) is 0 Å². The zero-order chi connectivity index (χ0) is 19.0. The first kappa shape index (κ1) is 21.3. The lowest BCUT2D eigenvalue weighted by molar-refractivity contribution is -0.153. The molecule has 0 fully saturated rings. The largest absolute Gasteiger partial charge is 0.480 e. The van der Waals surface area contributed by atoms with Crippen LogP contribution in [0.15, 0.2) is 12.4 Å². The summed E-state index contributed by atoms with van der Waals surface area (Å²) in [6, 6.07) is 0. The Labute approximate surface area is 142 Å². The van der Waals surface area contributed by atoms with E-state index in [-0.39, 0.29) is 17.8 Å². The van der Waals surface area contributed by atoms with Gasteiger partial charge in [0.2, 0.25) is 0 Å². The number of carbonyl (C=O) groups is 1. The van der Waals surface area contributed by atoms with Crippen molar-refractivity contribution in [3.05, 3.63) is 23.8 Å². The maximum atomic E-state index is 10.5. The normalized spacial score (nSPS) is 17.5. The fourth-order valence-corrected chi connectivity index (χ4v) is 1.91. The second kappa shape index (κ2) is 10.3. The molecule has 0 aromatic carbocycles. The van der Waals surface area contributed by atoms with Crippen molar-refractivity contribution < 1.29 is 45.3 Å². The van der Waals surface area contributed by atoms with Gasteiger partial charge in [0.05, 0.1) is 36.9 Å². The number of carboxylic acids is 1. The minimum Gasteiger partial charge on any atom is -0.480 e. The second-order valence-electron chi connectivity index (χ2n) is 5.32. The number of aromatic nitrogens is 2. The molecule has 0 aliphatic heterocycles. The Morgan fingerprint density at radius 1 is 1.04 bits per heavy atom. The maximum Gasteiger partial charge on any atom is 0.329 e. The molecule has 1 heterocycles. The van der Waals surface area contributed by atoms with Gasteiger partial charge in [-0.15, -0.1) is 0 Å². The molecule has 11 nitrogen and oxygen atoms in total. The smallest absolute Gasteiger partial charge is 0.329 e. The van der Waals surface area contributed by atoms with E-state index >= 15 is 0 Å². The van der Waals surface area contributed by atoms with Crippen LogP contribution in [0.1, 0.15) is 17.5 Å². The van der Waals surface area contributed by atoms with Crippen molar-refractivity contribution in [3.63, 3.8) is 0 Å². The molecule has 0 saturated heterocycles. The van der Waals surface area contributed by atoms with E-state index in [0.717, 1.165) is 6.20 Å². The highest BCUT2D eigenvalue weighted by atomic mass is 16.5. The fourth-order valence-electron chi connectivity index (χ4n) is 1.91. The molecule has 5 atom stereocenters. The SMILES string of the molecule is O=C(O)CO[C@@H](CO)[C@@H](O)[C@H](O)c1cnc(C[C@H](O)[C@H](O)CO)cn1. The van der Waals surface area contributed by atoms with E-state index in [9.17, 15) is 25.2 Å². The number of aliphatic hydroxyl groups is 6. The summed E-state index contributed by atoms with van der Waals surface area (Å²) in [5.41, 5.74) is 0.206. The molecule has 11 heteroatoms. The van der Waals surface area contributed by atoms with Crippen molar-refractivity contribution in [2.45, 2.75) is 36.9 Å². The Kier molecular flexibility index (Phi) is 8.78. The molecule has 142 valence electrons. The zero-order valence-corrected chi connectivity index (χ0v) is 13.2. The van der Waals surface area contributed by atoms with E-state index in [4.69, 9.17) is 20.1 Å². The molecule has 0 aliphatic carbocycles. The number of aliphatic carboxylic acids is 1. The fraction of sp³-hybridized carbons (Fsp3) is 0.643. The minimum absolute atomic E-state index is 0.0641. The van der Waals surface area contributed by atoms with Gasteiger partial charge in [0.25, 0.3) is 0 Å². The van der Waals surface area contributed by atoms with Crippen molar-refractivity contribution in [2.24, 2.45) is 0 Å². The van der Waals surface area contributed by atoms with Crippen LogP contribution in [-0.2, 0) is 16.0 Å². The summed E-state index contributed by atoms with van der Waals surface area (Å²) in [7, 11) is 0. The third-order valence-electron chi connectivity index (χ3n) is 3.38. The molecule has 0 radical (unpaired) electrons. The molecule has 1 aromatic rings. The minimum atomic E-state index is -1.65. The number of nitrogens with zero attached hydrogens (tertiary/aromatic N) is 2. The molecule has 1 aromatic heterocycles. The van der Waals surface area contributed by atoms with Crippen LogP contribution in [-0.4, -0.2) is 95.9 Å². The van der Waals surface area contributed by atoms with E-state index in [1.807, 2.05) is 0 Å². The number of rotatable bonds is 11. The number of ether oxygens (including phenoxy) is 1. The van der Waals surface area contributed by atoms with Crippen molar-refractivity contribution in [1.82, 2.24) is 9.97 Å². The molecule has 1 rings (SSSR count). The summed E-state index contributed by atoms with van der Waals surface area (Å²) in [6.45, 7) is -2.09. The van der Waals surface area contributed by atoms with Crippen LogP contribution in [0, 0.1) is 0 Å². The lowest BCUT2D eigenvalue weighted by Gasteiger charge is -2.24. The first-order valence-corrected chi connectivity index (χ1v) is 7.38. The van der Waals surface area contributed by atoms with Crippen molar-refractivity contribution in [3.8, 4) is 0 Å². The number of carboxylic acid groups (broad SMARTS) is 1. The highest BCUT2D eigenvalue weighted by Crippen LogP contribution is 2.18. The van der Waals surface area contributed by atoms with E-state index in [0.29, 0.717) is 0 Å². The molecule has 0 saturated carbocycles. The molecule has 0 amide bonds. The van der Waals surface area contributed by atoms with Gasteiger partial charge >= 0.3 is 5.97 Å². The average molecular weight is 362 g/mol. The summed E-state index contributed by atoms with van der Waals surface area (Å²) >= 11 is 0. The van der Waals surface area contributed by atoms with Gasteiger partial charge < -0.3 is 40.5 Å². The quantitative estimate of drug-likeness (QED) is 0.207. The highest BCUT2D eigenvalue weighted by molar-refractivity contribution is 5.68. The van der Waals surface area contributed by atoms with Crippen molar-refractivity contribution in [2.75, 3.05) is 19.8 Å². The average Bonchev–Trinajstić information content (AvgIpc) is 2.61. The summed E-state index contributed by atoms with van der Waals surface area (Å²) < 4.78 is 4.78. The third-order valence-corrected chi connectivity index (χ3v) is 3.38. The zero-order valence-electron chi connectivity index (χ0n) is 13.2. The van der Waals surface area contributed by atoms with Crippen LogP contribution >= 0.6 is 0 Å². The topological polar surface area (TPSA) is 194 Å². The molecule has 25 heavy (non-hydrogen) atoms. The first-order valence-electron chi connectivity index (χ1n) is 7.38. The van der Waals surface area contributed by atoms with Gasteiger partial charge in [-0.3, -0.25) is 9.97 Å². The van der Waals surface area contributed by atoms with E-state index in [2.05, 4.69) is 9.97 Å². The molecule has 0 bridgehead atoms. The standard InChI is InChI=1S/C14H22N2O9/c17-4-10(20)9(19)1-7-2-16-8(3-15-7)13(23)14(24)11(5-18)25-6-12(21)22/h2-3,9-11,13-14,17-20,23-24H,1,4-6H2,(H,21,22)/t9-,10+,11-,13+,14+/m0/s1. The van der Waals surface area contributed by atoms with Crippen LogP contribution in [0.25, 0.3) is 0 Å². The number of hydrogen-bond donors (Lipinski definition) is 7. The van der Waals surface area contributed by atoms with E-state index < -0.39 is 56.3 Å². The number of aliphatic hydroxyl groups excluding tert-OH is 6. The number of hydrogen-bond acceptors (Lipinski definition) is 10. The Morgan fingerprint density at radius 3 is 2.20 bits per heavy atom. The van der Waals surface area contributed by atoms with Gasteiger partial charge in [-0.1, -0.05) is 0 Å². The monoisotopic (exact) mass is 362 g/mol.